The van der Waals surface area contributed by atoms with Crippen molar-refractivity contribution < 1.29 is 18.0 Å². The molecule has 2 unspecified atom stereocenters. The van der Waals surface area contributed by atoms with Gasteiger partial charge in [-0.2, -0.15) is 0 Å². The number of sulfone groups is 1. The quantitative estimate of drug-likeness (QED) is 0.685. The highest BCUT2D eigenvalue weighted by Gasteiger charge is 2.51. The summed E-state index contributed by atoms with van der Waals surface area (Å²) < 4.78 is 23.5. The molecule has 5 nitrogen and oxygen atoms in total. The normalized spacial score (nSPS) is 36.9. The lowest BCUT2D eigenvalue weighted by molar-refractivity contribution is -0.143. The SMILES string of the molecule is CCC1C(=O)NC(=O)CC12CCCS(=O)(=O)C2. The van der Waals surface area contributed by atoms with Crippen LogP contribution in [-0.2, 0) is 19.4 Å². The van der Waals surface area contributed by atoms with Gasteiger partial charge in [0.05, 0.1) is 11.5 Å². The first-order valence-corrected chi connectivity index (χ1v) is 7.75. The Hall–Kier alpha value is -0.910. The van der Waals surface area contributed by atoms with Crippen molar-refractivity contribution in [2.75, 3.05) is 11.5 Å². The second kappa shape index (κ2) is 4.08. The van der Waals surface area contributed by atoms with E-state index in [2.05, 4.69) is 5.32 Å². The van der Waals surface area contributed by atoms with E-state index in [9.17, 15) is 18.0 Å². The molecule has 0 aromatic carbocycles. The van der Waals surface area contributed by atoms with Crippen LogP contribution in [0.2, 0.25) is 0 Å². The van der Waals surface area contributed by atoms with Gasteiger partial charge < -0.3 is 0 Å². The van der Waals surface area contributed by atoms with E-state index < -0.39 is 15.3 Å². The molecule has 1 N–H and O–H groups in total. The summed E-state index contributed by atoms with van der Waals surface area (Å²) in [5.74, 6) is -0.827. The lowest BCUT2D eigenvalue weighted by atomic mass is 9.67. The Labute approximate surface area is 101 Å². The number of amides is 2. The highest BCUT2D eigenvalue weighted by molar-refractivity contribution is 7.91. The van der Waals surface area contributed by atoms with Gasteiger partial charge in [-0.15, -0.1) is 0 Å². The largest absolute Gasteiger partial charge is 0.296 e. The van der Waals surface area contributed by atoms with E-state index in [0.717, 1.165) is 0 Å². The lowest BCUT2D eigenvalue weighted by Gasteiger charge is -2.44. The molecule has 0 radical (unpaired) electrons. The van der Waals surface area contributed by atoms with Crippen LogP contribution in [0.15, 0.2) is 0 Å². The zero-order valence-corrected chi connectivity index (χ0v) is 10.7. The molecule has 6 heteroatoms. The first-order valence-electron chi connectivity index (χ1n) is 5.93. The molecule has 0 aliphatic carbocycles. The molecule has 17 heavy (non-hydrogen) atoms. The number of imide groups is 1. The number of nitrogens with one attached hydrogen (secondary N) is 1. The van der Waals surface area contributed by atoms with Gasteiger partial charge in [0.15, 0.2) is 9.84 Å². The minimum atomic E-state index is -3.11. The molecule has 2 saturated heterocycles. The van der Waals surface area contributed by atoms with Crippen LogP contribution in [0.25, 0.3) is 0 Å². The van der Waals surface area contributed by atoms with Crippen LogP contribution in [-0.4, -0.2) is 31.7 Å². The van der Waals surface area contributed by atoms with Gasteiger partial charge in [0.2, 0.25) is 11.8 Å². The van der Waals surface area contributed by atoms with Crippen molar-refractivity contribution in [2.45, 2.75) is 32.6 Å². The van der Waals surface area contributed by atoms with Crippen LogP contribution >= 0.6 is 0 Å². The summed E-state index contributed by atoms with van der Waals surface area (Å²) >= 11 is 0. The van der Waals surface area contributed by atoms with Gasteiger partial charge in [-0.3, -0.25) is 14.9 Å². The average Bonchev–Trinajstić information content (AvgIpc) is 2.14. The third-order valence-electron chi connectivity index (χ3n) is 3.88. The van der Waals surface area contributed by atoms with Crippen LogP contribution in [0.1, 0.15) is 32.6 Å². The van der Waals surface area contributed by atoms with Crippen LogP contribution in [0.4, 0.5) is 0 Å². The van der Waals surface area contributed by atoms with E-state index in [4.69, 9.17) is 0 Å². The molecular formula is C11H17NO4S. The van der Waals surface area contributed by atoms with Gasteiger partial charge in [0.25, 0.3) is 0 Å². The highest BCUT2D eigenvalue weighted by Crippen LogP contribution is 2.45. The second-order valence-electron chi connectivity index (χ2n) is 5.11. The van der Waals surface area contributed by atoms with Crippen molar-refractivity contribution in [2.24, 2.45) is 11.3 Å². The molecule has 0 bridgehead atoms. The monoisotopic (exact) mass is 259 g/mol. The number of rotatable bonds is 1. The predicted molar refractivity (Wildman–Crippen MR) is 61.9 cm³/mol. The fraction of sp³-hybridized carbons (Fsp3) is 0.818. The smallest absolute Gasteiger partial charge is 0.230 e. The standard InChI is InChI=1S/C11H17NO4S/c1-2-8-10(14)12-9(13)6-11(8)4-3-5-17(15,16)7-11/h8H,2-7H2,1H3,(H,12,13,14). The van der Waals surface area contributed by atoms with Gasteiger partial charge >= 0.3 is 0 Å². The Morgan fingerprint density at radius 1 is 1.41 bits per heavy atom. The first-order chi connectivity index (χ1) is 7.88. The fourth-order valence-electron chi connectivity index (χ4n) is 3.25. The molecule has 2 atom stereocenters. The molecule has 2 fully saturated rings. The van der Waals surface area contributed by atoms with Crippen molar-refractivity contribution in [3.8, 4) is 0 Å². The van der Waals surface area contributed by atoms with Gasteiger partial charge in [-0.05, 0) is 19.3 Å². The number of piperidine rings is 1. The summed E-state index contributed by atoms with van der Waals surface area (Å²) in [5, 5.41) is 2.31. The summed E-state index contributed by atoms with van der Waals surface area (Å²) in [6.45, 7) is 1.86. The van der Waals surface area contributed by atoms with Crippen LogP contribution in [0, 0.1) is 11.3 Å². The number of hydrogen-bond acceptors (Lipinski definition) is 4. The minimum absolute atomic E-state index is 0.0162. The van der Waals surface area contributed by atoms with Crippen LogP contribution < -0.4 is 5.32 Å². The molecule has 0 aromatic heterocycles. The molecule has 2 aliphatic rings. The summed E-state index contributed by atoms with van der Waals surface area (Å²) in [5.41, 5.74) is -0.648. The summed E-state index contributed by atoms with van der Waals surface area (Å²) in [6.07, 6.45) is 1.95. The predicted octanol–water partition coefficient (Wildman–Crippen LogP) is 0.254. The number of carbonyl (C=O) groups is 2. The molecule has 96 valence electrons. The molecule has 0 saturated carbocycles. The Balaban J connectivity index is 2.37. The van der Waals surface area contributed by atoms with Crippen molar-refractivity contribution in [1.82, 2.24) is 5.32 Å². The van der Waals surface area contributed by atoms with Crippen molar-refractivity contribution in [1.29, 1.82) is 0 Å². The zero-order chi connectivity index (χ0) is 12.7. The summed E-state index contributed by atoms with van der Waals surface area (Å²) in [4.78, 5) is 23.3. The first kappa shape index (κ1) is 12.5. The summed E-state index contributed by atoms with van der Waals surface area (Å²) in [7, 11) is -3.11. The molecule has 2 aliphatic heterocycles. The fourth-order valence-corrected chi connectivity index (χ4v) is 5.30. The lowest BCUT2D eigenvalue weighted by Crippen LogP contribution is -2.56. The number of hydrogen-bond donors (Lipinski definition) is 1. The second-order valence-corrected chi connectivity index (χ2v) is 7.29. The van der Waals surface area contributed by atoms with E-state index in [1.54, 1.807) is 0 Å². The minimum Gasteiger partial charge on any atom is -0.296 e. The Morgan fingerprint density at radius 3 is 2.71 bits per heavy atom. The molecule has 2 rings (SSSR count). The Kier molecular flexibility index (Phi) is 3.01. The maximum absolute atomic E-state index is 11.8. The van der Waals surface area contributed by atoms with Crippen molar-refractivity contribution in [3.05, 3.63) is 0 Å². The third kappa shape index (κ3) is 2.22. The van der Waals surface area contributed by atoms with E-state index in [-0.39, 0.29) is 35.7 Å². The Bertz CT molecular complexity index is 456. The highest BCUT2D eigenvalue weighted by atomic mass is 32.2. The molecular weight excluding hydrogens is 242 g/mol. The summed E-state index contributed by atoms with van der Waals surface area (Å²) in [6, 6.07) is 0. The average molecular weight is 259 g/mol. The third-order valence-corrected chi connectivity index (χ3v) is 5.80. The molecule has 2 heterocycles. The van der Waals surface area contributed by atoms with Crippen LogP contribution in [0.3, 0.4) is 0 Å². The van der Waals surface area contributed by atoms with E-state index in [1.807, 2.05) is 6.92 Å². The van der Waals surface area contributed by atoms with Gasteiger partial charge in [-0.1, -0.05) is 6.92 Å². The zero-order valence-electron chi connectivity index (χ0n) is 9.86. The van der Waals surface area contributed by atoms with Gasteiger partial charge in [-0.25, -0.2) is 8.42 Å². The van der Waals surface area contributed by atoms with E-state index >= 15 is 0 Å². The molecule has 1 spiro atoms. The van der Waals surface area contributed by atoms with Gasteiger partial charge in [0, 0.05) is 17.8 Å². The van der Waals surface area contributed by atoms with E-state index in [1.165, 1.54) is 0 Å². The maximum Gasteiger partial charge on any atom is 0.230 e. The van der Waals surface area contributed by atoms with E-state index in [0.29, 0.717) is 19.3 Å². The van der Waals surface area contributed by atoms with Crippen LogP contribution in [0.5, 0.6) is 0 Å². The van der Waals surface area contributed by atoms with Crippen molar-refractivity contribution >= 4 is 21.7 Å². The van der Waals surface area contributed by atoms with Crippen molar-refractivity contribution in [3.63, 3.8) is 0 Å². The molecule has 2 amide bonds. The maximum atomic E-state index is 11.8. The topological polar surface area (TPSA) is 80.3 Å². The molecule has 0 aromatic rings. The Morgan fingerprint density at radius 2 is 2.12 bits per heavy atom. The number of carbonyl (C=O) groups excluding carboxylic acids is 2. The van der Waals surface area contributed by atoms with Gasteiger partial charge in [0.1, 0.15) is 0 Å².